The fraction of sp³-hybridized carbons (Fsp3) is 0.350. The summed E-state index contributed by atoms with van der Waals surface area (Å²) >= 11 is 0. The third kappa shape index (κ3) is 3.44. The molecule has 1 aliphatic rings. The van der Waals surface area contributed by atoms with Gasteiger partial charge in [-0.1, -0.05) is 68.4 Å². The molecule has 0 bridgehead atoms. The molecule has 0 spiro atoms. The van der Waals surface area contributed by atoms with Crippen LogP contribution in [0.4, 0.5) is 4.79 Å². The largest absolute Gasteiger partial charge is 0.445 e. The fourth-order valence-corrected chi connectivity index (χ4v) is 2.89. The summed E-state index contributed by atoms with van der Waals surface area (Å²) in [6.07, 6.45) is -0.387. The molecule has 0 saturated carbocycles. The highest BCUT2D eigenvalue weighted by Crippen LogP contribution is 2.33. The number of carbonyl (C=O) groups is 1. The van der Waals surface area contributed by atoms with Crippen LogP contribution >= 0.6 is 0 Å². The van der Waals surface area contributed by atoms with Crippen molar-refractivity contribution in [1.29, 1.82) is 0 Å². The van der Waals surface area contributed by atoms with Gasteiger partial charge in [0, 0.05) is 0 Å². The number of rotatable bonds is 4. The maximum atomic E-state index is 12.1. The number of nitrogens with zero attached hydrogens (tertiary/aromatic N) is 1. The molecule has 4 heteroatoms. The van der Waals surface area contributed by atoms with E-state index in [2.05, 4.69) is 13.8 Å². The minimum atomic E-state index is -0.971. The number of benzene rings is 2. The molecule has 2 aromatic rings. The summed E-state index contributed by atoms with van der Waals surface area (Å²) in [6.45, 7) is 5.05. The van der Waals surface area contributed by atoms with Gasteiger partial charge in [0.1, 0.15) is 12.2 Å². The van der Waals surface area contributed by atoms with E-state index in [4.69, 9.17) is 4.74 Å². The van der Waals surface area contributed by atoms with Crippen LogP contribution in [0.1, 0.15) is 36.5 Å². The summed E-state index contributed by atoms with van der Waals surface area (Å²) in [6, 6.07) is 17.5. The van der Waals surface area contributed by atoms with Gasteiger partial charge in [-0.15, -0.1) is 0 Å². The van der Waals surface area contributed by atoms with Crippen LogP contribution in [0.2, 0.25) is 0 Å². The van der Waals surface area contributed by atoms with E-state index < -0.39 is 5.60 Å². The first-order chi connectivity index (χ1) is 11.5. The van der Waals surface area contributed by atoms with E-state index in [1.54, 1.807) is 0 Å². The third-order valence-electron chi connectivity index (χ3n) is 4.48. The molecule has 0 radical (unpaired) electrons. The molecule has 24 heavy (non-hydrogen) atoms. The van der Waals surface area contributed by atoms with Crippen molar-refractivity contribution in [2.75, 3.05) is 13.1 Å². The maximum absolute atomic E-state index is 12.1. The lowest BCUT2D eigenvalue weighted by atomic mass is 9.85. The summed E-state index contributed by atoms with van der Waals surface area (Å²) < 4.78 is 5.29. The summed E-state index contributed by atoms with van der Waals surface area (Å²) in [5.74, 6) is 0.458. The molecule has 1 N–H and O–H groups in total. The maximum Gasteiger partial charge on any atom is 0.410 e. The molecule has 1 fully saturated rings. The first-order valence-corrected chi connectivity index (χ1v) is 8.26. The lowest BCUT2D eigenvalue weighted by Gasteiger charge is -2.45. The van der Waals surface area contributed by atoms with Gasteiger partial charge in [0.05, 0.1) is 13.1 Å². The molecular weight excluding hydrogens is 302 g/mol. The van der Waals surface area contributed by atoms with Crippen LogP contribution in [0.25, 0.3) is 0 Å². The van der Waals surface area contributed by atoms with Crippen molar-refractivity contribution < 1.29 is 14.6 Å². The van der Waals surface area contributed by atoms with Crippen molar-refractivity contribution in [3.63, 3.8) is 0 Å². The quantitative estimate of drug-likeness (QED) is 0.933. The average Bonchev–Trinajstić information content (AvgIpc) is 2.58. The Balaban J connectivity index is 1.54. The van der Waals surface area contributed by atoms with Crippen molar-refractivity contribution in [1.82, 2.24) is 4.90 Å². The second-order valence-corrected chi connectivity index (χ2v) is 6.70. The smallest absolute Gasteiger partial charge is 0.410 e. The lowest BCUT2D eigenvalue weighted by molar-refractivity contribution is -0.0949. The monoisotopic (exact) mass is 325 g/mol. The van der Waals surface area contributed by atoms with Crippen LogP contribution in [0, 0.1) is 0 Å². The number of ether oxygens (including phenoxy) is 1. The summed E-state index contributed by atoms with van der Waals surface area (Å²) in [5, 5.41) is 10.7. The normalized spacial score (nSPS) is 15.9. The van der Waals surface area contributed by atoms with Gasteiger partial charge < -0.3 is 14.7 Å². The SMILES string of the molecule is CC(C)c1ccc(C2(O)CN(C(=O)OCc3ccccc3)C2)cc1. The molecule has 1 saturated heterocycles. The number of amides is 1. The molecule has 1 heterocycles. The van der Waals surface area contributed by atoms with Crippen molar-refractivity contribution in [2.24, 2.45) is 0 Å². The van der Waals surface area contributed by atoms with E-state index in [1.807, 2.05) is 54.6 Å². The Kier molecular flexibility index (Phi) is 4.58. The van der Waals surface area contributed by atoms with E-state index in [0.717, 1.165) is 11.1 Å². The zero-order valence-electron chi connectivity index (χ0n) is 14.1. The highest BCUT2D eigenvalue weighted by Gasteiger charge is 2.45. The molecule has 1 amide bonds. The Hall–Kier alpha value is -2.33. The molecule has 0 aliphatic carbocycles. The molecular formula is C20H23NO3. The Labute approximate surface area is 142 Å². The van der Waals surface area contributed by atoms with E-state index >= 15 is 0 Å². The number of hydrogen-bond donors (Lipinski definition) is 1. The minimum absolute atomic E-state index is 0.248. The van der Waals surface area contributed by atoms with Crippen molar-refractivity contribution in [2.45, 2.75) is 32.0 Å². The van der Waals surface area contributed by atoms with Gasteiger partial charge >= 0.3 is 6.09 Å². The number of aliphatic hydroxyl groups is 1. The standard InChI is InChI=1S/C20H23NO3/c1-15(2)17-8-10-18(11-9-17)20(23)13-21(14-20)19(22)24-12-16-6-4-3-5-7-16/h3-11,15,23H,12-14H2,1-2H3. The predicted molar refractivity (Wildman–Crippen MR) is 92.6 cm³/mol. The van der Waals surface area contributed by atoms with Gasteiger partial charge in [-0.25, -0.2) is 4.79 Å². The molecule has 4 nitrogen and oxygen atoms in total. The predicted octanol–water partition coefficient (Wildman–Crippen LogP) is 3.65. The number of hydrogen-bond acceptors (Lipinski definition) is 3. The second kappa shape index (κ2) is 6.65. The Morgan fingerprint density at radius 3 is 2.33 bits per heavy atom. The van der Waals surface area contributed by atoms with Crippen molar-refractivity contribution >= 4 is 6.09 Å². The van der Waals surface area contributed by atoms with Crippen LogP contribution in [0.3, 0.4) is 0 Å². The van der Waals surface area contributed by atoms with Gasteiger partial charge in [-0.3, -0.25) is 0 Å². The molecule has 126 valence electrons. The van der Waals surface area contributed by atoms with E-state index in [0.29, 0.717) is 5.92 Å². The number of carbonyl (C=O) groups excluding carboxylic acids is 1. The van der Waals surface area contributed by atoms with Gasteiger partial charge in [-0.05, 0) is 22.6 Å². The van der Waals surface area contributed by atoms with Crippen molar-refractivity contribution in [3.8, 4) is 0 Å². The first-order valence-electron chi connectivity index (χ1n) is 8.26. The first kappa shape index (κ1) is 16.5. The Morgan fingerprint density at radius 2 is 1.75 bits per heavy atom. The zero-order chi connectivity index (χ0) is 17.2. The molecule has 3 rings (SSSR count). The Bertz CT molecular complexity index is 689. The fourth-order valence-electron chi connectivity index (χ4n) is 2.89. The summed E-state index contributed by atoms with van der Waals surface area (Å²) in [5.41, 5.74) is 2.06. The van der Waals surface area contributed by atoms with Crippen molar-refractivity contribution in [3.05, 3.63) is 71.3 Å². The topological polar surface area (TPSA) is 49.8 Å². The van der Waals surface area contributed by atoms with Crippen LogP contribution in [-0.2, 0) is 16.9 Å². The van der Waals surface area contributed by atoms with E-state index in [-0.39, 0.29) is 25.8 Å². The number of likely N-dealkylation sites (tertiary alicyclic amines) is 1. The number of β-amino-alcohol motifs (C(OH)–C–C–N with tert-alkyl or cyclic N) is 1. The third-order valence-corrected chi connectivity index (χ3v) is 4.48. The van der Waals surface area contributed by atoms with Gasteiger partial charge in [0.25, 0.3) is 0 Å². The second-order valence-electron chi connectivity index (χ2n) is 6.70. The van der Waals surface area contributed by atoms with Crippen LogP contribution in [0.5, 0.6) is 0 Å². The molecule has 0 atom stereocenters. The lowest BCUT2D eigenvalue weighted by Crippen LogP contribution is -2.61. The van der Waals surface area contributed by atoms with Crippen LogP contribution < -0.4 is 0 Å². The molecule has 0 aromatic heterocycles. The zero-order valence-corrected chi connectivity index (χ0v) is 14.1. The van der Waals surface area contributed by atoms with Crippen LogP contribution in [0.15, 0.2) is 54.6 Å². The molecule has 0 unspecified atom stereocenters. The van der Waals surface area contributed by atoms with Gasteiger partial charge in [-0.2, -0.15) is 0 Å². The summed E-state index contributed by atoms with van der Waals surface area (Å²) in [7, 11) is 0. The van der Waals surface area contributed by atoms with Gasteiger partial charge in [0.15, 0.2) is 0 Å². The molecule has 1 aliphatic heterocycles. The van der Waals surface area contributed by atoms with E-state index in [1.165, 1.54) is 10.5 Å². The highest BCUT2D eigenvalue weighted by molar-refractivity contribution is 5.69. The van der Waals surface area contributed by atoms with E-state index in [9.17, 15) is 9.90 Å². The van der Waals surface area contributed by atoms with Gasteiger partial charge in [0.2, 0.25) is 0 Å². The average molecular weight is 325 g/mol. The summed E-state index contributed by atoms with van der Waals surface area (Å²) in [4.78, 5) is 13.6. The minimum Gasteiger partial charge on any atom is -0.445 e. The molecule has 2 aromatic carbocycles. The highest BCUT2D eigenvalue weighted by atomic mass is 16.6. The Morgan fingerprint density at radius 1 is 1.12 bits per heavy atom. The van der Waals surface area contributed by atoms with Crippen LogP contribution in [-0.4, -0.2) is 29.2 Å².